The Morgan fingerprint density at radius 1 is 1.65 bits per heavy atom. The molecular formula is C10H16N4O3. The van der Waals surface area contributed by atoms with Gasteiger partial charge in [-0.2, -0.15) is 5.10 Å². The van der Waals surface area contributed by atoms with Crippen molar-refractivity contribution in [1.82, 2.24) is 15.5 Å². The summed E-state index contributed by atoms with van der Waals surface area (Å²) < 4.78 is 5.22. The number of aliphatic hydroxyl groups is 1. The largest absolute Gasteiger partial charge is 0.394 e. The van der Waals surface area contributed by atoms with Crippen LogP contribution in [0.15, 0.2) is 6.07 Å². The summed E-state index contributed by atoms with van der Waals surface area (Å²) >= 11 is 0. The number of ether oxygens (including phenoxy) is 1. The van der Waals surface area contributed by atoms with Crippen LogP contribution < -0.4 is 11.1 Å². The maximum Gasteiger partial charge on any atom is 0.269 e. The molecule has 2 heterocycles. The van der Waals surface area contributed by atoms with Gasteiger partial charge in [-0.1, -0.05) is 0 Å². The van der Waals surface area contributed by atoms with Crippen molar-refractivity contribution >= 4 is 11.7 Å². The first-order chi connectivity index (χ1) is 8.15. The van der Waals surface area contributed by atoms with Crippen LogP contribution in [0.25, 0.3) is 0 Å². The highest BCUT2D eigenvalue weighted by molar-refractivity contribution is 5.93. The summed E-state index contributed by atoms with van der Waals surface area (Å²) in [7, 11) is 0. The van der Waals surface area contributed by atoms with E-state index in [1.165, 1.54) is 6.07 Å². The number of nitrogen functional groups attached to an aromatic ring is 1. The summed E-state index contributed by atoms with van der Waals surface area (Å²) in [6, 6.07) is 1.46. The quantitative estimate of drug-likeness (QED) is 0.556. The highest BCUT2D eigenvalue weighted by Crippen LogP contribution is 2.20. The predicted octanol–water partition coefficient (Wildman–Crippen LogP) is -0.737. The van der Waals surface area contributed by atoms with Gasteiger partial charge in [-0.3, -0.25) is 9.89 Å². The predicted molar refractivity (Wildman–Crippen MR) is 60.3 cm³/mol. The zero-order valence-electron chi connectivity index (χ0n) is 9.40. The first-order valence-electron chi connectivity index (χ1n) is 5.47. The SMILES string of the molecule is Nc1cc(C(=O)NC2(CO)CCOCC2)[nH]n1. The third kappa shape index (κ3) is 2.56. The van der Waals surface area contributed by atoms with Crippen LogP contribution in [0.5, 0.6) is 0 Å². The molecule has 0 aromatic carbocycles. The van der Waals surface area contributed by atoms with Gasteiger partial charge in [0.05, 0.1) is 12.1 Å². The number of aliphatic hydroxyl groups excluding tert-OH is 1. The number of hydrogen-bond donors (Lipinski definition) is 4. The van der Waals surface area contributed by atoms with Gasteiger partial charge in [-0.25, -0.2) is 0 Å². The second kappa shape index (κ2) is 4.72. The number of carbonyl (C=O) groups is 1. The molecule has 0 aliphatic carbocycles. The van der Waals surface area contributed by atoms with E-state index in [0.717, 1.165) is 0 Å². The molecule has 2 rings (SSSR count). The molecule has 7 heteroatoms. The minimum absolute atomic E-state index is 0.105. The lowest BCUT2D eigenvalue weighted by atomic mass is 9.91. The fourth-order valence-corrected chi connectivity index (χ4v) is 1.85. The molecule has 17 heavy (non-hydrogen) atoms. The second-order valence-electron chi connectivity index (χ2n) is 4.21. The van der Waals surface area contributed by atoms with Crippen molar-refractivity contribution in [2.45, 2.75) is 18.4 Å². The summed E-state index contributed by atoms with van der Waals surface area (Å²) in [5, 5.41) is 18.5. The van der Waals surface area contributed by atoms with Crippen molar-refractivity contribution in [1.29, 1.82) is 0 Å². The molecule has 1 aliphatic rings. The van der Waals surface area contributed by atoms with Gasteiger partial charge < -0.3 is 20.9 Å². The first kappa shape index (κ1) is 11.9. The lowest BCUT2D eigenvalue weighted by Crippen LogP contribution is -2.54. The van der Waals surface area contributed by atoms with Crippen LogP contribution in [-0.4, -0.2) is 46.6 Å². The van der Waals surface area contributed by atoms with Gasteiger partial charge in [0.2, 0.25) is 0 Å². The Bertz CT molecular complexity index is 398. The normalized spacial score (nSPS) is 18.9. The average Bonchev–Trinajstić information content (AvgIpc) is 2.77. The van der Waals surface area contributed by atoms with Crippen LogP contribution in [0, 0.1) is 0 Å². The number of carbonyl (C=O) groups excluding carboxylic acids is 1. The van der Waals surface area contributed by atoms with E-state index in [2.05, 4.69) is 15.5 Å². The number of nitrogens with two attached hydrogens (primary N) is 1. The van der Waals surface area contributed by atoms with E-state index in [4.69, 9.17) is 10.5 Å². The standard InChI is InChI=1S/C10H16N4O3/c11-8-5-7(13-14-8)9(16)12-10(6-15)1-3-17-4-2-10/h5,15H,1-4,6H2,(H,12,16)(H3,11,13,14). The lowest BCUT2D eigenvalue weighted by molar-refractivity contribution is 0.0124. The average molecular weight is 240 g/mol. The lowest BCUT2D eigenvalue weighted by Gasteiger charge is -2.36. The molecule has 1 amide bonds. The molecule has 5 N–H and O–H groups in total. The van der Waals surface area contributed by atoms with Crippen molar-refractivity contribution in [2.75, 3.05) is 25.6 Å². The molecule has 1 aromatic rings. The van der Waals surface area contributed by atoms with Gasteiger partial charge in [0, 0.05) is 19.3 Å². The molecule has 94 valence electrons. The summed E-state index contributed by atoms with van der Waals surface area (Å²) in [5.74, 6) is -0.0506. The van der Waals surface area contributed by atoms with Gasteiger partial charge in [0.1, 0.15) is 11.5 Å². The third-order valence-electron chi connectivity index (χ3n) is 2.97. The number of rotatable bonds is 3. The monoisotopic (exact) mass is 240 g/mol. The van der Waals surface area contributed by atoms with Crippen molar-refractivity contribution in [3.05, 3.63) is 11.8 Å². The topological polar surface area (TPSA) is 113 Å². The van der Waals surface area contributed by atoms with E-state index in [9.17, 15) is 9.90 Å². The molecule has 1 aliphatic heterocycles. The van der Waals surface area contributed by atoms with Gasteiger partial charge in [0.15, 0.2) is 0 Å². The Morgan fingerprint density at radius 3 is 2.88 bits per heavy atom. The number of hydrogen-bond acceptors (Lipinski definition) is 5. The number of aromatic nitrogens is 2. The highest BCUT2D eigenvalue weighted by Gasteiger charge is 2.34. The Balaban J connectivity index is 2.05. The molecule has 0 unspecified atom stereocenters. The minimum Gasteiger partial charge on any atom is -0.394 e. The first-order valence-corrected chi connectivity index (χ1v) is 5.47. The van der Waals surface area contributed by atoms with Crippen molar-refractivity contribution in [3.63, 3.8) is 0 Å². The Kier molecular flexibility index (Phi) is 3.30. The van der Waals surface area contributed by atoms with E-state index in [1.54, 1.807) is 0 Å². The zero-order chi connectivity index (χ0) is 12.3. The second-order valence-corrected chi connectivity index (χ2v) is 4.21. The maximum absolute atomic E-state index is 11.9. The van der Waals surface area contributed by atoms with Gasteiger partial charge >= 0.3 is 0 Å². The number of anilines is 1. The number of H-pyrrole nitrogens is 1. The molecule has 1 fully saturated rings. The van der Waals surface area contributed by atoms with Crippen LogP contribution in [0.2, 0.25) is 0 Å². The molecule has 0 atom stereocenters. The molecule has 0 bridgehead atoms. The van der Waals surface area contributed by atoms with Crippen LogP contribution in [-0.2, 0) is 4.74 Å². The van der Waals surface area contributed by atoms with Gasteiger partial charge in [-0.05, 0) is 12.8 Å². The number of amides is 1. The summed E-state index contributed by atoms with van der Waals surface area (Å²) in [5.41, 5.74) is 5.11. The summed E-state index contributed by atoms with van der Waals surface area (Å²) in [6.45, 7) is 0.962. The third-order valence-corrected chi connectivity index (χ3v) is 2.97. The van der Waals surface area contributed by atoms with Crippen molar-refractivity contribution < 1.29 is 14.6 Å². The molecule has 7 nitrogen and oxygen atoms in total. The molecule has 1 saturated heterocycles. The summed E-state index contributed by atoms with van der Waals surface area (Å²) in [4.78, 5) is 11.9. The molecule has 0 radical (unpaired) electrons. The van der Waals surface area contributed by atoms with E-state index in [0.29, 0.717) is 31.7 Å². The van der Waals surface area contributed by atoms with E-state index in [1.807, 2.05) is 0 Å². The van der Waals surface area contributed by atoms with Crippen molar-refractivity contribution in [3.8, 4) is 0 Å². The Hall–Kier alpha value is -1.60. The number of aromatic amines is 1. The highest BCUT2D eigenvalue weighted by atomic mass is 16.5. The van der Waals surface area contributed by atoms with Gasteiger partial charge in [-0.15, -0.1) is 0 Å². The fraction of sp³-hybridized carbons (Fsp3) is 0.600. The fourth-order valence-electron chi connectivity index (χ4n) is 1.85. The van der Waals surface area contributed by atoms with Crippen molar-refractivity contribution in [2.24, 2.45) is 0 Å². The number of nitrogens with one attached hydrogen (secondary N) is 2. The number of nitrogens with zero attached hydrogens (tertiary/aromatic N) is 1. The molecular weight excluding hydrogens is 224 g/mol. The van der Waals surface area contributed by atoms with Crippen LogP contribution in [0.3, 0.4) is 0 Å². The minimum atomic E-state index is -0.602. The molecule has 1 aromatic heterocycles. The molecule has 0 saturated carbocycles. The van der Waals surface area contributed by atoms with Crippen LogP contribution in [0.4, 0.5) is 5.82 Å². The Morgan fingerprint density at radius 2 is 2.35 bits per heavy atom. The van der Waals surface area contributed by atoms with E-state index < -0.39 is 5.54 Å². The smallest absolute Gasteiger partial charge is 0.269 e. The van der Waals surface area contributed by atoms with E-state index >= 15 is 0 Å². The maximum atomic E-state index is 11.9. The van der Waals surface area contributed by atoms with E-state index in [-0.39, 0.29) is 18.3 Å². The van der Waals surface area contributed by atoms with Gasteiger partial charge in [0.25, 0.3) is 5.91 Å². The molecule has 0 spiro atoms. The Labute approximate surface area is 98.3 Å². The van der Waals surface area contributed by atoms with Crippen LogP contribution >= 0.6 is 0 Å². The van der Waals surface area contributed by atoms with Crippen LogP contribution in [0.1, 0.15) is 23.3 Å². The zero-order valence-corrected chi connectivity index (χ0v) is 9.40. The summed E-state index contributed by atoms with van der Waals surface area (Å²) in [6.07, 6.45) is 1.19.